The van der Waals surface area contributed by atoms with Gasteiger partial charge in [0.15, 0.2) is 5.13 Å². The highest BCUT2D eigenvalue weighted by atomic mass is 32.1. The van der Waals surface area contributed by atoms with Gasteiger partial charge in [0.2, 0.25) is 0 Å². The second-order valence-corrected chi connectivity index (χ2v) is 7.78. The number of anilines is 1. The number of aromatic nitrogens is 1. The van der Waals surface area contributed by atoms with Gasteiger partial charge >= 0.3 is 0 Å². The first kappa shape index (κ1) is 17.4. The van der Waals surface area contributed by atoms with Crippen molar-refractivity contribution in [3.63, 3.8) is 0 Å². The summed E-state index contributed by atoms with van der Waals surface area (Å²) in [5, 5.41) is 1.14. The van der Waals surface area contributed by atoms with E-state index in [0.717, 1.165) is 11.7 Å². The van der Waals surface area contributed by atoms with Crippen LogP contribution >= 0.6 is 11.3 Å². The van der Waals surface area contributed by atoms with Crippen LogP contribution in [0, 0.1) is 0 Å². The van der Waals surface area contributed by atoms with Crippen molar-refractivity contribution in [2.75, 3.05) is 11.4 Å². The predicted molar refractivity (Wildman–Crippen MR) is 90.7 cm³/mol. The van der Waals surface area contributed by atoms with Crippen LogP contribution in [-0.2, 0) is 12.0 Å². The van der Waals surface area contributed by atoms with Crippen molar-refractivity contribution < 1.29 is 0 Å². The quantitative estimate of drug-likeness (QED) is 0.763. The second kappa shape index (κ2) is 7.41. The van der Waals surface area contributed by atoms with Gasteiger partial charge in [0.1, 0.15) is 0 Å². The molecule has 1 rings (SSSR count). The van der Waals surface area contributed by atoms with Gasteiger partial charge in [-0.15, -0.1) is 11.3 Å². The molecular formula is C16H31N3S. The smallest absolute Gasteiger partial charge is 0.186 e. The molecule has 1 aromatic heterocycles. The second-order valence-electron chi connectivity index (χ2n) is 6.72. The van der Waals surface area contributed by atoms with E-state index < -0.39 is 0 Å². The highest BCUT2D eigenvalue weighted by Crippen LogP contribution is 2.34. The summed E-state index contributed by atoms with van der Waals surface area (Å²) < 4.78 is 0. The van der Waals surface area contributed by atoms with Crippen LogP contribution in [0.25, 0.3) is 0 Å². The zero-order chi connectivity index (χ0) is 15.3. The fraction of sp³-hybridized carbons (Fsp3) is 0.812. The van der Waals surface area contributed by atoms with Gasteiger partial charge < -0.3 is 10.6 Å². The minimum atomic E-state index is 0.0650. The average Bonchev–Trinajstić information content (AvgIpc) is 2.77. The van der Waals surface area contributed by atoms with Crippen LogP contribution in [0.3, 0.4) is 0 Å². The molecule has 0 fully saturated rings. The minimum Gasteiger partial charge on any atom is -0.346 e. The van der Waals surface area contributed by atoms with Crippen molar-refractivity contribution in [1.29, 1.82) is 0 Å². The standard InChI is InChI=1S/C16H31N3S/c1-7-8-9-10-19(12(2)3)15-18-14(16(4,5)6)13(11-17)20-15/h12H,7-11,17H2,1-6H3. The molecule has 0 amide bonds. The average molecular weight is 298 g/mol. The predicted octanol–water partition coefficient (Wildman–Crippen LogP) is 4.30. The van der Waals surface area contributed by atoms with E-state index in [0.29, 0.717) is 12.6 Å². The third-order valence-electron chi connectivity index (χ3n) is 3.45. The van der Waals surface area contributed by atoms with Crippen LogP contribution < -0.4 is 10.6 Å². The topological polar surface area (TPSA) is 42.2 Å². The number of rotatable bonds is 7. The number of hydrogen-bond acceptors (Lipinski definition) is 4. The number of nitrogens with two attached hydrogens (primary N) is 1. The summed E-state index contributed by atoms with van der Waals surface area (Å²) in [5.74, 6) is 0. The van der Waals surface area contributed by atoms with Crippen LogP contribution in [0.4, 0.5) is 5.13 Å². The van der Waals surface area contributed by atoms with Gasteiger partial charge in [-0.05, 0) is 20.3 Å². The molecule has 20 heavy (non-hydrogen) atoms. The number of hydrogen-bond donors (Lipinski definition) is 1. The Hall–Kier alpha value is -0.610. The first-order valence-electron chi connectivity index (χ1n) is 7.78. The van der Waals surface area contributed by atoms with E-state index in [-0.39, 0.29) is 5.41 Å². The molecule has 0 saturated carbocycles. The molecule has 3 nitrogen and oxygen atoms in total. The molecule has 0 unspecified atom stereocenters. The van der Waals surface area contributed by atoms with Gasteiger partial charge in [-0.3, -0.25) is 0 Å². The lowest BCUT2D eigenvalue weighted by atomic mass is 9.91. The van der Waals surface area contributed by atoms with Crippen LogP contribution in [0.1, 0.15) is 71.4 Å². The minimum absolute atomic E-state index is 0.0650. The first-order chi connectivity index (χ1) is 9.31. The van der Waals surface area contributed by atoms with Crippen molar-refractivity contribution in [2.45, 2.75) is 78.8 Å². The maximum Gasteiger partial charge on any atom is 0.186 e. The lowest BCUT2D eigenvalue weighted by molar-refractivity contribution is 0.562. The number of nitrogens with zero attached hydrogens (tertiary/aromatic N) is 2. The van der Waals surface area contributed by atoms with Gasteiger partial charge in [0.05, 0.1) is 5.69 Å². The molecule has 0 saturated heterocycles. The Morgan fingerprint density at radius 1 is 1.25 bits per heavy atom. The Kier molecular flexibility index (Phi) is 6.46. The third-order valence-corrected chi connectivity index (χ3v) is 4.57. The van der Waals surface area contributed by atoms with Crippen molar-refractivity contribution in [3.05, 3.63) is 10.6 Å². The van der Waals surface area contributed by atoms with Crippen LogP contribution in [0.5, 0.6) is 0 Å². The molecule has 0 aliphatic carbocycles. The molecular weight excluding hydrogens is 266 g/mol. The molecule has 0 radical (unpaired) electrons. The van der Waals surface area contributed by atoms with Gasteiger partial charge in [0.25, 0.3) is 0 Å². The van der Waals surface area contributed by atoms with E-state index >= 15 is 0 Å². The molecule has 1 heterocycles. The van der Waals surface area contributed by atoms with E-state index in [1.54, 1.807) is 11.3 Å². The van der Waals surface area contributed by atoms with Crippen LogP contribution in [-0.4, -0.2) is 17.6 Å². The SMILES string of the molecule is CCCCCN(c1nc(C(C)(C)C)c(CN)s1)C(C)C. The zero-order valence-corrected chi connectivity index (χ0v) is 14.8. The fourth-order valence-electron chi connectivity index (χ4n) is 2.29. The summed E-state index contributed by atoms with van der Waals surface area (Å²) in [7, 11) is 0. The summed E-state index contributed by atoms with van der Waals surface area (Å²) in [6.45, 7) is 15.0. The summed E-state index contributed by atoms with van der Waals surface area (Å²) in [6.07, 6.45) is 3.77. The molecule has 0 spiro atoms. The Bertz CT molecular complexity index is 404. The highest BCUT2D eigenvalue weighted by molar-refractivity contribution is 7.15. The van der Waals surface area contributed by atoms with Crippen molar-refractivity contribution in [3.8, 4) is 0 Å². The molecule has 2 N–H and O–H groups in total. The maximum absolute atomic E-state index is 5.91. The first-order valence-corrected chi connectivity index (χ1v) is 8.59. The van der Waals surface area contributed by atoms with E-state index in [4.69, 9.17) is 10.7 Å². The van der Waals surface area contributed by atoms with Crippen LogP contribution in [0.2, 0.25) is 0 Å². The number of unbranched alkanes of at least 4 members (excludes halogenated alkanes) is 2. The van der Waals surface area contributed by atoms with Crippen LogP contribution in [0.15, 0.2) is 0 Å². The van der Waals surface area contributed by atoms with E-state index in [1.165, 1.54) is 29.8 Å². The van der Waals surface area contributed by atoms with Crippen molar-refractivity contribution >= 4 is 16.5 Å². The van der Waals surface area contributed by atoms with Gasteiger partial charge in [-0.25, -0.2) is 4.98 Å². The van der Waals surface area contributed by atoms with E-state index in [1.807, 2.05) is 0 Å². The lowest BCUT2D eigenvalue weighted by Gasteiger charge is -2.26. The maximum atomic E-state index is 5.91. The van der Waals surface area contributed by atoms with Crippen molar-refractivity contribution in [1.82, 2.24) is 4.98 Å². The number of thiazole rings is 1. The molecule has 0 bridgehead atoms. The zero-order valence-electron chi connectivity index (χ0n) is 14.0. The Balaban J connectivity index is 2.99. The largest absolute Gasteiger partial charge is 0.346 e. The molecule has 0 aromatic carbocycles. The summed E-state index contributed by atoms with van der Waals surface area (Å²) in [4.78, 5) is 8.57. The van der Waals surface area contributed by atoms with E-state index in [2.05, 4.69) is 46.4 Å². The molecule has 0 aliphatic heterocycles. The molecule has 4 heteroatoms. The third kappa shape index (κ3) is 4.45. The van der Waals surface area contributed by atoms with Gasteiger partial charge in [-0.2, -0.15) is 0 Å². The molecule has 0 atom stereocenters. The molecule has 116 valence electrons. The highest BCUT2D eigenvalue weighted by Gasteiger charge is 2.25. The van der Waals surface area contributed by atoms with Crippen molar-refractivity contribution in [2.24, 2.45) is 5.73 Å². The normalized spacial score (nSPS) is 12.2. The van der Waals surface area contributed by atoms with Gasteiger partial charge in [-0.1, -0.05) is 40.5 Å². The molecule has 0 aliphatic rings. The fourth-order valence-corrected chi connectivity index (χ4v) is 3.60. The summed E-state index contributed by atoms with van der Waals surface area (Å²) in [5.41, 5.74) is 7.14. The monoisotopic (exact) mass is 297 g/mol. The molecule has 1 aromatic rings. The van der Waals surface area contributed by atoms with Gasteiger partial charge in [0, 0.05) is 29.4 Å². The Morgan fingerprint density at radius 2 is 1.90 bits per heavy atom. The summed E-state index contributed by atoms with van der Waals surface area (Å²) >= 11 is 1.77. The lowest BCUT2D eigenvalue weighted by Crippen LogP contribution is -2.31. The summed E-state index contributed by atoms with van der Waals surface area (Å²) in [6, 6.07) is 0.483. The Labute approximate surface area is 128 Å². The Morgan fingerprint density at radius 3 is 2.30 bits per heavy atom. The van der Waals surface area contributed by atoms with E-state index in [9.17, 15) is 0 Å².